The number of nitrogens with one attached hydrogen (secondary N) is 1. The number of ether oxygens (including phenoxy) is 1. The van der Waals surface area contributed by atoms with E-state index in [1.807, 2.05) is 37.3 Å². The summed E-state index contributed by atoms with van der Waals surface area (Å²) < 4.78 is 8.46. The number of aryl methyl sites for hydroxylation is 1. The Labute approximate surface area is 199 Å². The van der Waals surface area contributed by atoms with Gasteiger partial charge in [-0.2, -0.15) is 5.10 Å². The van der Waals surface area contributed by atoms with Crippen LogP contribution in [-0.4, -0.2) is 66.4 Å². The third-order valence-corrected chi connectivity index (χ3v) is 6.46. The number of para-hydroxylation sites is 1. The lowest BCUT2D eigenvalue weighted by Crippen LogP contribution is -2.43. The van der Waals surface area contributed by atoms with Crippen molar-refractivity contribution in [2.24, 2.45) is 0 Å². The van der Waals surface area contributed by atoms with Crippen LogP contribution in [0.2, 0.25) is 0 Å². The van der Waals surface area contributed by atoms with Crippen LogP contribution in [0.4, 0.5) is 0 Å². The summed E-state index contributed by atoms with van der Waals surface area (Å²) in [6, 6.07) is 9.44. The molecule has 0 atom stereocenters. The van der Waals surface area contributed by atoms with Gasteiger partial charge in [-0.15, -0.1) is 0 Å². The van der Waals surface area contributed by atoms with Gasteiger partial charge < -0.3 is 9.64 Å². The van der Waals surface area contributed by atoms with Crippen molar-refractivity contribution in [1.29, 1.82) is 0 Å². The summed E-state index contributed by atoms with van der Waals surface area (Å²) in [6.45, 7) is 4.02. The number of aromatic nitrogens is 6. The molecule has 1 fully saturated rings. The summed E-state index contributed by atoms with van der Waals surface area (Å²) in [7, 11) is 0. The fourth-order valence-electron chi connectivity index (χ4n) is 4.66. The number of hydrogen-bond donors (Lipinski definition) is 1. The molecule has 0 spiro atoms. The summed E-state index contributed by atoms with van der Waals surface area (Å²) in [5.74, 6) is 0.392. The van der Waals surface area contributed by atoms with E-state index in [0.717, 1.165) is 33.1 Å². The first-order chi connectivity index (χ1) is 17.1. The minimum atomic E-state index is -0.297. The van der Waals surface area contributed by atoms with Gasteiger partial charge in [0.25, 0.3) is 0 Å². The first-order valence-corrected chi connectivity index (χ1v) is 11.4. The van der Waals surface area contributed by atoms with Gasteiger partial charge in [-0.05, 0) is 30.7 Å². The molecule has 10 nitrogen and oxygen atoms in total. The lowest BCUT2D eigenvalue weighted by molar-refractivity contribution is -0.135. The Hall–Kier alpha value is -4.31. The Morgan fingerprint density at radius 1 is 1.09 bits per heavy atom. The van der Waals surface area contributed by atoms with Gasteiger partial charge in [0.15, 0.2) is 0 Å². The molecule has 0 aliphatic carbocycles. The van der Waals surface area contributed by atoms with Crippen molar-refractivity contribution < 1.29 is 9.53 Å². The minimum absolute atomic E-state index is 0.0297. The van der Waals surface area contributed by atoms with E-state index in [9.17, 15) is 9.59 Å². The van der Waals surface area contributed by atoms with Crippen LogP contribution in [-0.2, 0) is 16.1 Å². The zero-order chi connectivity index (χ0) is 23.9. The van der Waals surface area contributed by atoms with Crippen LogP contribution in [0.1, 0.15) is 5.56 Å². The number of hydrogen-bond acceptors (Lipinski definition) is 6. The molecular weight excluding hydrogens is 446 g/mol. The molecule has 0 saturated carbocycles. The van der Waals surface area contributed by atoms with Crippen molar-refractivity contribution in [2.45, 2.75) is 13.5 Å². The summed E-state index contributed by atoms with van der Waals surface area (Å²) in [5.41, 5.74) is 4.68. The largest absolute Gasteiger partial charge is 0.378 e. The van der Waals surface area contributed by atoms with Crippen molar-refractivity contribution in [3.05, 3.63) is 71.2 Å². The van der Waals surface area contributed by atoms with Gasteiger partial charge in [0.05, 0.1) is 42.2 Å². The number of pyridine rings is 2. The van der Waals surface area contributed by atoms with Crippen molar-refractivity contribution in [3.63, 3.8) is 0 Å². The van der Waals surface area contributed by atoms with E-state index in [2.05, 4.69) is 20.2 Å². The number of carbonyl (C=O) groups is 1. The topological polar surface area (TPSA) is 111 Å². The number of morpholine rings is 1. The molecule has 35 heavy (non-hydrogen) atoms. The average Bonchev–Trinajstić information content (AvgIpc) is 3.48. The third-order valence-electron chi connectivity index (χ3n) is 6.46. The molecule has 0 bridgehead atoms. The van der Waals surface area contributed by atoms with Crippen LogP contribution < -0.4 is 5.69 Å². The molecule has 1 aliphatic heterocycles. The molecule has 0 radical (unpaired) electrons. The highest BCUT2D eigenvalue weighted by molar-refractivity contribution is 5.93. The zero-order valence-corrected chi connectivity index (χ0v) is 19.1. The first kappa shape index (κ1) is 21.2. The molecule has 1 amide bonds. The fourth-order valence-corrected chi connectivity index (χ4v) is 4.66. The van der Waals surface area contributed by atoms with Crippen molar-refractivity contribution in [1.82, 2.24) is 34.2 Å². The molecular formula is C25H23N7O3. The minimum Gasteiger partial charge on any atom is -0.378 e. The number of carbonyl (C=O) groups excluding carboxylic acids is 1. The second-order valence-electron chi connectivity index (χ2n) is 8.56. The molecule has 10 heteroatoms. The second kappa shape index (κ2) is 8.48. The van der Waals surface area contributed by atoms with Crippen molar-refractivity contribution in [2.75, 3.05) is 26.3 Å². The maximum absolute atomic E-state index is 13.6. The Morgan fingerprint density at radius 3 is 2.74 bits per heavy atom. The van der Waals surface area contributed by atoms with E-state index in [-0.39, 0.29) is 18.1 Å². The Bertz CT molecular complexity index is 1610. The van der Waals surface area contributed by atoms with Crippen LogP contribution in [0, 0.1) is 6.92 Å². The lowest BCUT2D eigenvalue weighted by atomic mass is 10.1. The van der Waals surface area contributed by atoms with Crippen LogP contribution in [0.3, 0.4) is 0 Å². The van der Waals surface area contributed by atoms with Crippen molar-refractivity contribution in [3.8, 4) is 16.9 Å². The SMILES string of the molecule is Cc1cccc2c1n(-c1ccc(-c3cncc4[nH]ncc34)cn1)c(=O)n2CC(=O)N1CCOCC1. The molecule has 6 rings (SSSR count). The summed E-state index contributed by atoms with van der Waals surface area (Å²) in [5, 5.41) is 7.97. The smallest absolute Gasteiger partial charge is 0.335 e. The summed E-state index contributed by atoms with van der Waals surface area (Å²) in [4.78, 5) is 37.2. The molecule has 1 aromatic carbocycles. The average molecular weight is 470 g/mol. The van der Waals surface area contributed by atoms with E-state index < -0.39 is 0 Å². The standard InChI is InChI=1S/C25H23N7O3/c1-16-3-2-4-21-24(16)32(25(34)31(21)15-23(33)30-7-9-35-10-8-30)22-6-5-17(11-27-22)18-12-26-14-20-19(18)13-28-29-20/h2-6,11-14H,7-10,15H2,1H3,(H,28,29). The molecule has 4 aromatic heterocycles. The zero-order valence-electron chi connectivity index (χ0n) is 19.1. The van der Waals surface area contributed by atoms with Crippen molar-refractivity contribution >= 4 is 27.8 Å². The Morgan fingerprint density at radius 2 is 1.94 bits per heavy atom. The number of H-pyrrole nitrogens is 1. The van der Waals surface area contributed by atoms with E-state index in [1.165, 1.54) is 4.57 Å². The highest BCUT2D eigenvalue weighted by atomic mass is 16.5. The molecule has 1 aliphatic rings. The van der Waals surface area contributed by atoms with Gasteiger partial charge >= 0.3 is 5.69 Å². The maximum Gasteiger partial charge on any atom is 0.335 e. The molecule has 1 N–H and O–H groups in total. The van der Waals surface area contributed by atoms with E-state index in [4.69, 9.17) is 4.74 Å². The van der Waals surface area contributed by atoms with E-state index in [1.54, 1.807) is 34.3 Å². The molecule has 0 unspecified atom stereocenters. The van der Waals surface area contributed by atoms with E-state index in [0.29, 0.717) is 37.6 Å². The monoisotopic (exact) mass is 469 g/mol. The van der Waals surface area contributed by atoms with Gasteiger partial charge in [0.2, 0.25) is 5.91 Å². The molecule has 1 saturated heterocycles. The van der Waals surface area contributed by atoms with Crippen LogP contribution >= 0.6 is 0 Å². The summed E-state index contributed by atoms with van der Waals surface area (Å²) in [6.07, 6.45) is 6.98. The number of fused-ring (bicyclic) bond motifs is 2. The van der Waals surface area contributed by atoms with Crippen LogP contribution in [0.25, 0.3) is 38.9 Å². The van der Waals surface area contributed by atoms with E-state index >= 15 is 0 Å². The Kier molecular flexibility index (Phi) is 5.14. The quantitative estimate of drug-likeness (QED) is 0.432. The third kappa shape index (κ3) is 3.58. The van der Waals surface area contributed by atoms with Gasteiger partial charge in [0, 0.05) is 42.0 Å². The number of benzene rings is 1. The normalized spacial score (nSPS) is 14.1. The predicted octanol–water partition coefficient (Wildman–Crippen LogP) is 2.29. The molecule has 5 aromatic rings. The van der Waals surface area contributed by atoms with Crippen LogP contribution in [0.15, 0.2) is 59.9 Å². The maximum atomic E-state index is 13.6. The highest BCUT2D eigenvalue weighted by Crippen LogP contribution is 2.27. The van der Waals surface area contributed by atoms with Gasteiger partial charge in [-0.25, -0.2) is 14.3 Å². The summed E-state index contributed by atoms with van der Waals surface area (Å²) >= 11 is 0. The number of rotatable bonds is 4. The Balaban J connectivity index is 1.42. The lowest BCUT2D eigenvalue weighted by Gasteiger charge is -2.26. The highest BCUT2D eigenvalue weighted by Gasteiger charge is 2.22. The molecule has 176 valence electrons. The molecule has 5 heterocycles. The van der Waals surface area contributed by atoms with Crippen LogP contribution in [0.5, 0.6) is 0 Å². The number of imidazole rings is 1. The van der Waals surface area contributed by atoms with Gasteiger partial charge in [-0.1, -0.05) is 12.1 Å². The second-order valence-corrected chi connectivity index (χ2v) is 8.56. The number of nitrogens with zero attached hydrogens (tertiary/aromatic N) is 6. The number of amides is 1. The van der Waals surface area contributed by atoms with Gasteiger partial charge in [0.1, 0.15) is 12.4 Å². The predicted molar refractivity (Wildman–Crippen MR) is 130 cm³/mol. The fraction of sp³-hybridized carbons (Fsp3) is 0.240. The van der Waals surface area contributed by atoms with Gasteiger partial charge in [-0.3, -0.25) is 19.4 Å². The first-order valence-electron chi connectivity index (χ1n) is 11.4. The number of aromatic amines is 1.